The van der Waals surface area contributed by atoms with Crippen LogP contribution in [0.15, 0.2) is 12.3 Å². The molecule has 0 amide bonds. The predicted molar refractivity (Wildman–Crippen MR) is 64.3 cm³/mol. The molecule has 0 aromatic carbocycles. The van der Waals surface area contributed by atoms with E-state index in [4.69, 9.17) is 10.5 Å². The van der Waals surface area contributed by atoms with Gasteiger partial charge in [-0.1, -0.05) is 20.8 Å². The maximum atomic E-state index is 11.8. The van der Waals surface area contributed by atoms with E-state index in [9.17, 15) is 4.79 Å². The third-order valence-electron chi connectivity index (χ3n) is 2.14. The van der Waals surface area contributed by atoms with E-state index in [1.807, 2.05) is 18.4 Å². The Hall–Kier alpha value is -1.45. The van der Waals surface area contributed by atoms with Crippen molar-refractivity contribution in [2.24, 2.45) is 5.92 Å². The number of carbonyl (C=O) groups is 1. The minimum Gasteiger partial charge on any atom is -0.461 e. The fourth-order valence-electron chi connectivity index (χ4n) is 1.45. The molecule has 16 heavy (non-hydrogen) atoms. The average Bonchev–Trinajstić information content (AvgIpc) is 2.56. The normalized spacial score (nSPS) is 10.8. The van der Waals surface area contributed by atoms with Gasteiger partial charge in [0.05, 0.1) is 12.3 Å². The Balaban J connectivity index is 2.73. The summed E-state index contributed by atoms with van der Waals surface area (Å²) < 4.78 is 7.02. The first-order valence-corrected chi connectivity index (χ1v) is 5.67. The van der Waals surface area contributed by atoms with Crippen molar-refractivity contribution in [2.45, 2.75) is 33.7 Å². The van der Waals surface area contributed by atoms with E-state index in [0.29, 0.717) is 23.9 Å². The van der Waals surface area contributed by atoms with Gasteiger partial charge >= 0.3 is 5.97 Å². The van der Waals surface area contributed by atoms with E-state index < -0.39 is 0 Å². The minimum absolute atomic E-state index is 0.293. The van der Waals surface area contributed by atoms with Crippen molar-refractivity contribution >= 4 is 11.7 Å². The third-order valence-corrected chi connectivity index (χ3v) is 2.14. The molecule has 1 heterocycles. The molecule has 0 spiro atoms. The van der Waals surface area contributed by atoms with E-state index in [1.54, 1.807) is 12.3 Å². The smallest absolute Gasteiger partial charge is 0.355 e. The molecule has 90 valence electrons. The third kappa shape index (κ3) is 3.29. The number of anilines is 1. The number of carbonyl (C=O) groups excluding carboxylic acids is 1. The van der Waals surface area contributed by atoms with Gasteiger partial charge in [-0.3, -0.25) is 0 Å². The lowest BCUT2D eigenvalue weighted by Crippen LogP contribution is -2.14. The van der Waals surface area contributed by atoms with Crippen LogP contribution >= 0.6 is 0 Å². The van der Waals surface area contributed by atoms with Crippen LogP contribution in [-0.2, 0) is 11.3 Å². The van der Waals surface area contributed by atoms with Gasteiger partial charge < -0.3 is 15.0 Å². The predicted octanol–water partition coefficient (Wildman–Crippen LogP) is 2.29. The molecule has 4 nitrogen and oxygen atoms in total. The summed E-state index contributed by atoms with van der Waals surface area (Å²) in [6, 6.07) is 1.66. The second kappa shape index (κ2) is 5.58. The van der Waals surface area contributed by atoms with Crippen LogP contribution in [0, 0.1) is 5.92 Å². The molecule has 4 heteroatoms. The molecule has 0 radical (unpaired) electrons. The van der Waals surface area contributed by atoms with Crippen LogP contribution in [0.4, 0.5) is 5.69 Å². The molecule has 1 aromatic heterocycles. The van der Waals surface area contributed by atoms with Gasteiger partial charge in [-0.25, -0.2) is 4.79 Å². The van der Waals surface area contributed by atoms with Gasteiger partial charge in [0.2, 0.25) is 0 Å². The van der Waals surface area contributed by atoms with Gasteiger partial charge in [0.1, 0.15) is 5.69 Å². The Kier molecular flexibility index (Phi) is 4.40. The molecule has 0 aliphatic heterocycles. The summed E-state index contributed by atoms with van der Waals surface area (Å²) in [5.41, 5.74) is 6.82. The quantitative estimate of drug-likeness (QED) is 0.781. The first-order chi connectivity index (χ1) is 7.54. The number of esters is 1. The Bertz CT molecular complexity index is 356. The average molecular weight is 224 g/mol. The highest BCUT2D eigenvalue weighted by atomic mass is 16.5. The largest absolute Gasteiger partial charge is 0.461 e. The van der Waals surface area contributed by atoms with Crippen molar-refractivity contribution in [3.63, 3.8) is 0 Å². The van der Waals surface area contributed by atoms with Crippen LogP contribution in [-0.4, -0.2) is 17.1 Å². The zero-order chi connectivity index (χ0) is 12.1. The molecule has 1 rings (SSSR count). The summed E-state index contributed by atoms with van der Waals surface area (Å²) in [4.78, 5) is 11.8. The summed E-state index contributed by atoms with van der Waals surface area (Å²) in [5, 5.41) is 0. The van der Waals surface area contributed by atoms with Crippen molar-refractivity contribution in [1.29, 1.82) is 0 Å². The highest BCUT2D eigenvalue weighted by Crippen LogP contribution is 2.13. The molecule has 0 bridgehead atoms. The van der Waals surface area contributed by atoms with E-state index in [-0.39, 0.29) is 5.97 Å². The molecule has 0 saturated carbocycles. The van der Waals surface area contributed by atoms with Crippen molar-refractivity contribution < 1.29 is 9.53 Å². The highest BCUT2D eigenvalue weighted by molar-refractivity contribution is 5.89. The van der Waals surface area contributed by atoms with Crippen LogP contribution in [0.3, 0.4) is 0 Å². The van der Waals surface area contributed by atoms with E-state index in [2.05, 4.69) is 6.92 Å². The number of hydrogen-bond donors (Lipinski definition) is 1. The number of hydrogen-bond acceptors (Lipinski definition) is 3. The summed E-state index contributed by atoms with van der Waals surface area (Å²) >= 11 is 0. The first kappa shape index (κ1) is 12.6. The van der Waals surface area contributed by atoms with Gasteiger partial charge in [0.15, 0.2) is 0 Å². The van der Waals surface area contributed by atoms with E-state index in [1.165, 1.54) is 0 Å². The maximum Gasteiger partial charge on any atom is 0.355 e. The lowest BCUT2D eigenvalue weighted by Gasteiger charge is -2.09. The second-order valence-corrected chi connectivity index (χ2v) is 4.34. The van der Waals surface area contributed by atoms with Crippen LogP contribution in [0.1, 0.15) is 37.7 Å². The molecular weight excluding hydrogens is 204 g/mol. The number of aryl methyl sites for hydroxylation is 1. The molecule has 0 fully saturated rings. The van der Waals surface area contributed by atoms with Crippen molar-refractivity contribution in [3.05, 3.63) is 18.0 Å². The Labute approximate surface area is 96.4 Å². The van der Waals surface area contributed by atoms with Gasteiger partial charge in [-0.2, -0.15) is 0 Å². The van der Waals surface area contributed by atoms with Gasteiger partial charge in [0, 0.05) is 12.7 Å². The maximum absolute atomic E-state index is 11.8. The summed E-state index contributed by atoms with van der Waals surface area (Å²) in [6.07, 6.45) is 2.73. The number of nitrogen functional groups attached to an aromatic ring is 1. The van der Waals surface area contributed by atoms with Crippen molar-refractivity contribution in [2.75, 3.05) is 12.3 Å². The molecule has 0 unspecified atom stereocenters. The molecular formula is C12H20N2O2. The zero-order valence-corrected chi connectivity index (χ0v) is 10.2. The SMILES string of the molecule is CCCn1cc(N)cc1C(=O)OCC(C)C. The van der Waals surface area contributed by atoms with E-state index in [0.717, 1.165) is 13.0 Å². The number of aromatic nitrogens is 1. The fourth-order valence-corrected chi connectivity index (χ4v) is 1.45. The van der Waals surface area contributed by atoms with Crippen LogP contribution in [0.25, 0.3) is 0 Å². The number of rotatable bonds is 5. The Morgan fingerprint density at radius 3 is 2.81 bits per heavy atom. The lowest BCUT2D eigenvalue weighted by atomic mass is 10.2. The number of ether oxygens (including phenoxy) is 1. The Morgan fingerprint density at radius 1 is 1.56 bits per heavy atom. The van der Waals surface area contributed by atoms with Crippen LogP contribution in [0.2, 0.25) is 0 Å². The topological polar surface area (TPSA) is 57.2 Å². The highest BCUT2D eigenvalue weighted by Gasteiger charge is 2.14. The molecule has 1 aromatic rings. The van der Waals surface area contributed by atoms with E-state index >= 15 is 0 Å². The van der Waals surface area contributed by atoms with Gasteiger partial charge in [0.25, 0.3) is 0 Å². The Morgan fingerprint density at radius 2 is 2.25 bits per heavy atom. The first-order valence-electron chi connectivity index (χ1n) is 5.67. The second-order valence-electron chi connectivity index (χ2n) is 4.34. The minimum atomic E-state index is -0.293. The summed E-state index contributed by atoms with van der Waals surface area (Å²) in [5.74, 6) is 0.0507. The van der Waals surface area contributed by atoms with Crippen LogP contribution in [0.5, 0.6) is 0 Å². The molecule has 0 saturated heterocycles. The zero-order valence-electron chi connectivity index (χ0n) is 10.2. The van der Waals surface area contributed by atoms with Crippen molar-refractivity contribution in [1.82, 2.24) is 4.57 Å². The van der Waals surface area contributed by atoms with Gasteiger partial charge in [-0.15, -0.1) is 0 Å². The monoisotopic (exact) mass is 224 g/mol. The van der Waals surface area contributed by atoms with Gasteiger partial charge in [-0.05, 0) is 18.4 Å². The fraction of sp³-hybridized carbons (Fsp3) is 0.583. The van der Waals surface area contributed by atoms with Crippen LogP contribution < -0.4 is 5.73 Å². The lowest BCUT2D eigenvalue weighted by molar-refractivity contribution is 0.0446. The van der Waals surface area contributed by atoms with Crippen molar-refractivity contribution in [3.8, 4) is 0 Å². The molecule has 0 aliphatic carbocycles. The molecule has 0 aliphatic rings. The summed E-state index contributed by atoms with van der Waals surface area (Å²) in [7, 11) is 0. The number of nitrogens with two attached hydrogens (primary N) is 1. The summed E-state index contributed by atoms with van der Waals surface area (Å²) in [6.45, 7) is 7.29. The molecule has 0 atom stereocenters. The molecule has 2 N–H and O–H groups in total. The standard InChI is InChI=1S/C12H20N2O2/c1-4-5-14-7-10(13)6-11(14)12(15)16-8-9(2)3/h6-7,9H,4-5,8,13H2,1-3H3. The number of nitrogens with zero attached hydrogens (tertiary/aromatic N) is 1.